The van der Waals surface area contributed by atoms with E-state index in [0.29, 0.717) is 17.6 Å². The Morgan fingerprint density at radius 2 is 1.82 bits per heavy atom. The number of benzene rings is 2. The SMILES string of the molecule is CCOc1ccc(-n2c(SCC(=O)N/N=C\c3ccncc3)nnc2-c2ccccc2)cc1. The Balaban J connectivity index is 1.52. The number of carbonyl (C=O) groups excluding carboxylic acids is 1. The molecule has 9 heteroatoms. The van der Waals surface area contributed by atoms with Crippen LogP contribution in [0.25, 0.3) is 17.1 Å². The smallest absolute Gasteiger partial charge is 0.250 e. The van der Waals surface area contributed by atoms with E-state index >= 15 is 0 Å². The summed E-state index contributed by atoms with van der Waals surface area (Å²) in [5.41, 5.74) is 5.19. The molecule has 1 N–H and O–H groups in total. The number of nitrogens with zero attached hydrogens (tertiary/aromatic N) is 5. The molecule has 0 bridgehead atoms. The molecule has 166 valence electrons. The number of amides is 1. The van der Waals surface area contributed by atoms with Crippen molar-refractivity contribution in [3.05, 3.63) is 84.7 Å². The maximum absolute atomic E-state index is 12.3. The topological polar surface area (TPSA) is 94.3 Å². The molecular formula is C24H22N6O2S. The quantitative estimate of drug-likeness (QED) is 0.232. The van der Waals surface area contributed by atoms with E-state index in [1.54, 1.807) is 30.7 Å². The van der Waals surface area contributed by atoms with Crippen LogP contribution >= 0.6 is 11.8 Å². The van der Waals surface area contributed by atoms with Crippen LogP contribution < -0.4 is 10.2 Å². The Labute approximate surface area is 195 Å². The maximum atomic E-state index is 12.3. The molecule has 2 aromatic carbocycles. The van der Waals surface area contributed by atoms with Gasteiger partial charge in [0, 0.05) is 23.6 Å². The summed E-state index contributed by atoms with van der Waals surface area (Å²) in [5.74, 6) is 1.37. The molecule has 33 heavy (non-hydrogen) atoms. The number of carbonyl (C=O) groups is 1. The molecule has 0 radical (unpaired) electrons. The fourth-order valence-electron chi connectivity index (χ4n) is 3.02. The molecule has 2 heterocycles. The zero-order valence-electron chi connectivity index (χ0n) is 18.0. The predicted molar refractivity (Wildman–Crippen MR) is 129 cm³/mol. The summed E-state index contributed by atoms with van der Waals surface area (Å²) < 4.78 is 7.49. The minimum atomic E-state index is -0.243. The van der Waals surface area contributed by atoms with Crippen LogP contribution in [0.1, 0.15) is 12.5 Å². The zero-order chi connectivity index (χ0) is 22.9. The molecule has 0 spiro atoms. The number of ether oxygens (including phenoxy) is 1. The van der Waals surface area contributed by atoms with Gasteiger partial charge in [-0.1, -0.05) is 42.1 Å². The Kier molecular flexibility index (Phi) is 7.44. The van der Waals surface area contributed by atoms with Crippen LogP contribution in [-0.2, 0) is 4.79 Å². The molecule has 0 fully saturated rings. The van der Waals surface area contributed by atoms with Gasteiger partial charge in [-0.05, 0) is 48.9 Å². The summed E-state index contributed by atoms with van der Waals surface area (Å²) in [6.45, 7) is 2.54. The van der Waals surface area contributed by atoms with Crippen molar-refractivity contribution in [3.63, 3.8) is 0 Å². The van der Waals surface area contributed by atoms with Crippen molar-refractivity contribution in [2.75, 3.05) is 12.4 Å². The molecule has 4 aromatic rings. The first-order valence-electron chi connectivity index (χ1n) is 10.3. The van der Waals surface area contributed by atoms with Crippen LogP contribution in [0.15, 0.2) is 89.4 Å². The lowest BCUT2D eigenvalue weighted by Crippen LogP contribution is -2.20. The molecular weight excluding hydrogens is 436 g/mol. The van der Waals surface area contributed by atoms with E-state index in [-0.39, 0.29) is 11.7 Å². The van der Waals surface area contributed by atoms with E-state index in [0.717, 1.165) is 22.6 Å². The zero-order valence-corrected chi connectivity index (χ0v) is 18.8. The maximum Gasteiger partial charge on any atom is 0.250 e. The van der Waals surface area contributed by atoms with Gasteiger partial charge in [0.05, 0.1) is 18.6 Å². The number of nitrogens with one attached hydrogen (secondary N) is 1. The van der Waals surface area contributed by atoms with Crippen LogP contribution in [0.4, 0.5) is 0 Å². The van der Waals surface area contributed by atoms with E-state index in [2.05, 4.69) is 25.7 Å². The minimum absolute atomic E-state index is 0.137. The molecule has 1 amide bonds. The Bertz CT molecular complexity index is 1210. The van der Waals surface area contributed by atoms with E-state index < -0.39 is 0 Å². The van der Waals surface area contributed by atoms with Gasteiger partial charge in [0.25, 0.3) is 5.91 Å². The van der Waals surface area contributed by atoms with E-state index in [1.165, 1.54) is 11.8 Å². The van der Waals surface area contributed by atoms with Crippen LogP contribution in [0.2, 0.25) is 0 Å². The van der Waals surface area contributed by atoms with Gasteiger partial charge in [-0.2, -0.15) is 5.10 Å². The monoisotopic (exact) mass is 458 g/mol. The second kappa shape index (κ2) is 11.1. The third-order valence-electron chi connectivity index (χ3n) is 4.51. The third-order valence-corrected chi connectivity index (χ3v) is 5.44. The number of hydrazone groups is 1. The van der Waals surface area contributed by atoms with Gasteiger partial charge in [-0.25, -0.2) is 5.43 Å². The molecule has 0 aliphatic heterocycles. The van der Waals surface area contributed by atoms with Crippen molar-refractivity contribution in [2.45, 2.75) is 12.1 Å². The van der Waals surface area contributed by atoms with Crippen molar-refractivity contribution in [3.8, 4) is 22.8 Å². The van der Waals surface area contributed by atoms with Crippen LogP contribution in [-0.4, -0.2) is 44.2 Å². The normalized spacial score (nSPS) is 10.9. The molecule has 0 saturated carbocycles. The highest BCUT2D eigenvalue weighted by molar-refractivity contribution is 7.99. The minimum Gasteiger partial charge on any atom is -0.494 e. The van der Waals surface area contributed by atoms with Crippen molar-refractivity contribution < 1.29 is 9.53 Å². The van der Waals surface area contributed by atoms with Crippen LogP contribution in [0, 0.1) is 0 Å². The van der Waals surface area contributed by atoms with Gasteiger partial charge < -0.3 is 4.74 Å². The van der Waals surface area contributed by atoms with Crippen molar-refractivity contribution >= 4 is 23.9 Å². The molecule has 8 nitrogen and oxygen atoms in total. The first kappa shape index (κ1) is 22.2. The summed E-state index contributed by atoms with van der Waals surface area (Å²) in [4.78, 5) is 16.3. The first-order chi connectivity index (χ1) is 16.2. The average molecular weight is 459 g/mol. The Hall–Kier alpha value is -3.98. The number of rotatable bonds is 9. The lowest BCUT2D eigenvalue weighted by atomic mass is 10.2. The molecule has 0 saturated heterocycles. The average Bonchev–Trinajstić information content (AvgIpc) is 3.29. The van der Waals surface area contributed by atoms with Crippen LogP contribution in [0.3, 0.4) is 0 Å². The van der Waals surface area contributed by atoms with E-state index in [9.17, 15) is 4.79 Å². The molecule has 0 unspecified atom stereocenters. The summed E-state index contributed by atoms with van der Waals surface area (Å²) >= 11 is 1.29. The molecule has 0 aliphatic rings. The summed E-state index contributed by atoms with van der Waals surface area (Å²) in [5, 5.41) is 13.3. The highest BCUT2D eigenvalue weighted by atomic mass is 32.2. The highest BCUT2D eigenvalue weighted by Crippen LogP contribution is 2.28. The molecule has 4 rings (SSSR count). The second-order valence-corrected chi connectivity index (χ2v) is 7.74. The molecule has 0 aliphatic carbocycles. The van der Waals surface area contributed by atoms with Gasteiger partial charge in [-0.15, -0.1) is 10.2 Å². The standard InChI is InChI=1S/C24H22N6O2S/c1-2-32-21-10-8-20(9-11-21)30-23(19-6-4-3-5-7-19)28-29-24(30)33-17-22(31)27-26-16-18-12-14-25-15-13-18/h3-16H,2,17H2,1H3,(H,27,31)/b26-16-. The number of aromatic nitrogens is 4. The Morgan fingerprint density at radius 3 is 2.55 bits per heavy atom. The predicted octanol–water partition coefficient (Wildman–Crippen LogP) is 3.97. The lowest BCUT2D eigenvalue weighted by Gasteiger charge is -2.11. The number of thioether (sulfide) groups is 1. The van der Waals surface area contributed by atoms with E-state index in [1.807, 2.05) is 66.1 Å². The number of pyridine rings is 1. The summed E-state index contributed by atoms with van der Waals surface area (Å²) in [7, 11) is 0. The lowest BCUT2D eigenvalue weighted by molar-refractivity contribution is -0.118. The highest BCUT2D eigenvalue weighted by Gasteiger charge is 2.17. The van der Waals surface area contributed by atoms with Gasteiger partial charge in [0.1, 0.15) is 5.75 Å². The molecule has 0 atom stereocenters. The second-order valence-electron chi connectivity index (χ2n) is 6.80. The van der Waals surface area contributed by atoms with Gasteiger partial charge in [0.2, 0.25) is 0 Å². The summed E-state index contributed by atoms with van der Waals surface area (Å²) in [6.07, 6.45) is 4.90. The van der Waals surface area contributed by atoms with Crippen molar-refractivity contribution in [1.82, 2.24) is 25.2 Å². The number of hydrogen-bond acceptors (Lipinski definition) is 7. The fraction of sp³-hybridized carbons (Fsp3) is 0.125. The largest absolute Gasteiger partial charge is 0.494 e. The first-order valence-corrected chi connectivity index (χ1v) is 11.3. The Morgan fingerprint density at radius 1 is 1.06 bits per heavy atom. The van der Waals surface area contributed by atoms with Gasteiger partial charge in [-0.3, -0.25) is 14.3 Å². The number of hydrogen-bond donors (Lipinski definition) is 1. The van der Waals surface area contributed by atoms with E-state index in [4.69, 9.17) is 4.74 Å². The fourth-order valence-corrected chi connectivity index (χ4v) is 3.76. The van der Waals surface area contributed by atoms with Crippen LogP contribution in [0.5, 0.6) is 5.75 Å². The van der Waals surface area contributed by atoms with Crippen molar-refractivity contribution in [2.24, 2.45) is 5.10 Å². The van der Waals surface area contributed by atoms with Gasteiger partial charge >= 0.3 is 0 Å². The van der Waals surface area contributed by atoms with Crippen molar-refractivity contribution in [1.29, 1.82) is 0 Å². The summed E-state index contributed by atoms with van der Waals surface area (Å²) in [6, 6.07) is 21.1. The van der Waals surface area contributed by atoms with Gasteiger partial charge in [0.15, 0.2) is 11.0 Å². The third kappa shape index (κ3) is 5.83. The molecule has 2 aromatic heterocycles.